The van der Waals surface area contributed by atoms with Gasteiger partial charge in [-0.3, -0.25) is 4.79 Å². The number of carbonyl (C=O) groups excluding carboxylic acids is 1. The highest BCUT2D eigenvalue weighted by Gasteiger charge is 2.15. The highest BCUT2D eigenvalue weighted by molar-refractivity contribution is 5.77. The maximum atomic E-state index is 11.4. The van der Waals surface area contributed by atoms with Gasteiger partial charge in [-0.25, -0.2) is 0 Å². The van der Waals surface area contributed by atoms with Crippen LogP contribution in [-0.2, 0) is 9.53 Å². The summed E-state index contributed by atoms with van der Waals surface area (Å²) >= 11 is 0. The summed E-state index contributed by atoms with van der Waals surface area (Å²) in [4.78, 5) is 11.4. The molecule has 1 aromatic carbocycles. The lowest BCUT2D eigenvalue weighted by molar-refractivity contribution is -0.144. The lowest BCUT2D eigenvalue weighted by atomic mass is 10.0. The maximum Gasteiger partial charge on any atom is 0.313 e. The van der Waals surface area contributed by atoms with Crippen molar-refractivity contribution in [3.05, 3.63) is 29.8 Å². The van der Waals surface area contributed by atoms with E-state index in [4.69, 9.17) is 9.47 Å². The van der Waals surface area contributed by atoms with E-state index in [0.29, 0.717) is 6.61 Å². The molecular weight excluding hydrogens is 192 g/mol. The number of methoxy groups -OCH3 is 1. The normalized spacial score (nSPS) is 11.9. The van der Waals surface area contributed by atoms with Gasteiger partial charge in [0.2, 0.25) is 0 Å². The van der Waals surface area contributed by atoms with Gasteiger partial charge in [0.05, 0.1) is 19.6 Å². The van der Waals surface area contributed by atoms with E-state index in [-0.39, 0.29) is 11.9 Å². The fourth-order valence-electron chi connectivity index (χ4n) is 1.30. The summed E-state index contributed by atoms with van der Waals surface area (Å²) in [6, 6.07) is 7.43. The van der Waals surface area contributed by atoms with Gasteiger partial charge in [0.25, 0.3) is 0 Å². The second-order valence-corrected chi connectivity index (χ2v) is 3.25. The highest BCUT2D eigenvalue weighted by Crippen LogP contribution is 2.20. The first-order valence-electron chi connectivity index (χ1n) is 4.99. The third kappa shape index (κ3) is 2.98. The SMILES string of the molecule is CCOC(=O)[C@H](C)c1ccc(OC)cc1. The first-order chi connectivity index (χ1) is 7.19. The van der Waals surface area contributed by atoms with Crippen LogP contribution in [0.25, 0.3) is 0 Å². The van der Waals surface area contributed by atoms with Crippen molar-refractivity contribution in [2.24, 2.45) is 0 Å². The molecule has 1 aromatic rings. The number of esters is 1. The molecule has 0 aromatic heterocycles. The summed E-state index contributed by atoms with van der Waals surface area (Å²) in [5, 5.41) is 0. The van der Waals surface area contributed by atoms with E-state index >= 15 is 0 Å². The highest BCUT2D eigenvalue weighted by atomic mass is 16.5. The Balaban J connectivity index is 2.73. The van der Waals surface area contributed by atoms with Crippen LogP contribution in [0.5, 0.6) is 5.75 Å². The monoisotopic (exact) mass is 208 g/mol. The summed E-state index contributed by atoms with van der Waals surface area (Å²) in [7, 11) is 1.61. The fourth-order valence-corrected chi connectivity index (χ4v) is 1.30. The molecule has 0 bridgehead atoms. The van der Waals surface area contributed by atoms with Crippen molar-refractivity contribution in [2.45, 2.75) is 19.8 Å². The molecule has 0 aliphatic rings. The Labute approximate surface area is 90.0 Å². The maximum absolute atomic E-state index is 11.4. The van der Waals surface area contributed by atoms with Crippen LogP contribution in [0.4, 0.5) is 0 Å². The van der Waals surface area contributed by atoms with E-state index in [2.05, 4.69) is 0 Å². The van der Waals surface area contributed by atoms with E-state index in [1.807, 2.05) is 31.2 Å². The van der Waals surface area contributed by atoms with Gasteiger partial charge in [-0.15, -0.1) is 0 Å². The second kappa shape index (κ2) is 5.39. The first-order valence-corrected chi connectivity index (χ1v) is 4.99. The van der Waals surface area contributed by atoms with Gasteiger partial charge in [0, 0.05) is 0 Å². The van der Waals surface area contributed by atoms with E-state index in [1.54, 1.807) is 14.0 Å². The van der Waals surface area contributed by atoms with Gasteiger partial charge < -0.3 is 9.47 Å². The van der Waals surface area contributed by atoms with Crippen LogP contribution < -0.4 is 4.74 Å². The Bertz CT molecular complexity index is 316. The van der Waals surface area contributed by atoms with Crippen LogP contribution in [-0.4, -0.2) is 19.7 Å². The zero-order valence-corrected chi connectivity index (χ0v) is 9.32. The molecule has 3 nitrogen and oxygen atoms in total. The van der Waals surface area contributed by atoms with Crippen LogP contribution >= 0.6 is 0 Å². The summed E-state index contributed by atoms with van der Waals surface area (Å²) < 4.78 is 9.99. The first kappa shape index (κ1) is 11.6. The minimum absolute atomic E-state index is 0.192. The molecule has 0 saturated carbocycles. The third-order valence-corrected chi connectivity index (χ3v) is 2.26. The molecule has 82 valence electrons. The molecule has 1 rings (SSSR count). The van der Waals surface area contributed by atoms with Crippen LogP contribution in [0.2, 0.25) is 0 Å². The van der Waals surface area contributed by atoms with E-state index in [9.17, 15) is 4.79 Å². The zero-order valence-electron chi connectivity index (χ0n) is 9.32. The second-order valence-electron chi connectivity index (χ2n) is 3.25. The van der Waals surface area contributed by atoms with Gasteiger partial charge in [-0.2, -0.15) is 0 Å². The Hall–Kier alpha value is -1.51. The molecule has 3 heteroatoms. The minimum Gasteiger partial charge on any atom is -0.497 e. The minimum atomic E-state index is -0.226. The predicted octanol–water partition coefficient (Wildman–Crippen LogP) is 2.36. The number of rotatable bonds is 4. The Morgan fingerprint density at radius 2 is 1.93 bits per heavy atom. The molecule has 0 fully saturated rings. The Morgan fingerprint density at radius 1 is 1.33 bits per heavy atom. The number of hydrogen-bond acceptors (Lipinski definition) is 3. The summed E-state index contributed by atoms with van der Waals surface area (Å²) in [5.41, 5.74) is 0.939. The van der Waals surface area contributed by atoms with Crippen LogP contribution in [0.1, 0.15) is 25.3 Å². The molecule has 0 amide bonds. The fraction of sp³-hybridized carbons (Fsp3) is 0.417. The molecular formula is C12H16O3. The number of hydrogen-bond donors (Lipinski definition) is 0. The van der Waals surface area contributed by atoms with Gasteiger partial charge >= 0.3 is 5.97 Å². The number of ether oxygens (including phenoxy) is 2. The van der Waals surface area contributed by atoms with Gasteiger partial charge in [-0.05, 0) is 31.5 Å². The molecule has 0 saturated heterocycles. The van der Waals surface area contributed by atoms with Crippen molar-refractivity contribution in [3.8, 4) is 5.75 Å². The Kier molecular flexibility index (Phi) is 4.16. The van der Waals surface area contributed by atoms with Crippen molar-refractivity contribution in [3.63, 3.8) is 0 Å². The molecule has 0 unspecified atom stereocenters. The average Bonchev–Trinajstić information content (AvgIpc) is 2.28. The van der Waals surface area contributed by atoms with Crippen molar-refractivity contribution in [2.75, 3.05) is 13.7 Å². The Morgan fingerprint density at radius 3 is 2.40 bits per heavy atom. The van der Waals surface area contributed by atoms with Crippen molar-refractivity contribution >= 4 is 5.97 Å². The largest absolute Gasteiger partial charge is 0.497 e. The molecule has 0 heterocycles. The lowest BCUT2D eigenvalue weighted by Gasteiger charge is -2.11. The molecule has 15 heavy (non-hydrogen) atoms. The van der Waals surface area contributed by atoms with Gasteiger partial charge in [0.15, 0.2) is 0 Å². The lowest BCUT2D eigenvalue weighted by Crippen LogP contribution is -2.12. The summed E-state index contributed by atoms with van der Waals surface area (Å²) in [6.45, 7) is 4.05. The van der Waals surface area contributed by atoms with Crippen LogP contribution in [0.15, 0.2) is 24.3 Å². The molecule has 1 atom stereocenters. The quantitative estimate of drug-likeness (QED) is 0.712. The average molecular weight is 208 g/mol. The summed E-state index contributed by atoms with van der Waals surface area (Å²) in [5.74, 6) is 0.369. The molecule has 0 spiro atoms. The van der Waals surface area contributed by atoms with Gasteiger partial charge in [0.1, 0.15) is 5.75 Å². The van der Waals surface area contributed by atoms with Crippen molar-refractivity contribution in [1.29, 1.82) is 0 Å². The molecule has 0 radical (unpaired) electrons. The van der Waals surface area contributed by atoms with E-state index in [1.165, 1.54) is 0 Å². The standard InChI is InChI=1S/C12H16O3/c1-4-15-12(13)9(2)10-5-7-11(14-3)8-6-10/h5-9H,4H2,1-3H3/t9-/m1/s1. The van der Waals surface area contributed by atoms with Crippen LogP contribution in [0, 0.1) is 0 Å². The predicted molar refractivity (Wildman–Crippen MR) is 58.0 cm³/mol. The van der Waals surface area contributed by atoms with E-state index < -0.39 is 0 Å². The van der Waals surface area contributed by atoms with Gasteiger partial charge in [-0.1, -0.05) is 12.1 Å². The summed E-state index contributed by atoms with van der Waals surface area (Å²) in [6.07, 6.45) is 0. The van der Waals surface area contributed by atoms with E-state index in [0.717, 1.165) is 11.3 Å². The molecule has 0 aliphatic heterocycles. The third-order valence-electron chi connectivity index (χ3n) is 2.26. The molecule has 0 N–H and O–H groups in total. The smallest absolute Gasteiger partial charge is 0.313 e. The molecule has 0 aliphatic carbocycles. The van der Waals surface area contributed by atoms with Crippen molar-refractivity contribution < 1.29 is 14.3 Å². The number of benzene rings is 1. The number of carbonyl (C=O) groups is 1. The van der Waals surface area contributed by atoms with Crippen molar-refractivity contribution in [1.82, 2.24) is 0 Å². The topological polar surface area (TPSA) is 35.5 Å². The zero-order chi connectivity index (χ0) is 11.3. The van der Waals surface area contributed by atoms with Crippen LogP contribution in [0.3, 0.4) is 0 Å².